The van der Waals surface area contributed by atoms with E-state index in [1.54, 1.807) is 12.1 Å². The minimum atomic E-state index is -0.128. The Morgan fingerprint density at radius 1 is 1.10 bits per heavy atom. The van der Waals surface area contributed by atoms with E-state index in [-0.39, 0.29) is 6.61 Å². The summed E-state index contributed by atoms with van der Waals surface area (Å²) in [4.78, 5) is 0. The second-order valence-electron chi connectivity index (χ2n) is 4.76. The number of halogens is 1. The normalized spacial score (nSPS) is 10.5. The Balaban J connectivity index is 2.20. The summed E-state index contributed by atoms with van der Waals surface area (Å²) in [6.45, 7) is 4.78. The Morgan fingerprint density at radius 2 is 1.86 bits per heavy atom. The first kappa shape index (κ1) is 15.7. The Hall–Kier alpha value is -1.71. The first-order chi connectivity index (χ1) is 10.1. The summed E-state index contributed by atoms with van der Waals surface area (Å²) in [5, 5.41) is 9.73. The number of aryl methyl sites for hydroxylation is 1. The van der Waals surface area contributed by atoms with Crippen molar-refractivity contribution in [1.82, 2.24) is 0 Å². The van der Waals surface area contributed by atoms with Crippen LogP contribution in [0.5, 0.6) is 11.5 Å². The quantitative estimate of drug-likeness (QED) is 0.872. The van der Waals surface area contributed by atoms with Crippen LogP contribution in [0.2, 0.25) is 5.02 Å². The topological polar surface area (TPSA) is 38.7 Å². The van der Waals surface area contributed by atoms with E-state index in [1.807, 2.05) is 32.0 Å². The smallest absolute Gasteiger partial charge is 0.163 e. The van der Waals surface area contributed by atoms with Gasteiger partial charge >= 0.3 is 0 Å². The fraction of sp³-hybridized carbons (Fsp3) is 0.294. The van der Waals surface area contributed by atoms with Crippen LogP contribution in [0.15, 0.2) is 36.4 Å². The molecule has 0 aliphatic rings. The molecule has 0 unspecified atom stereocenters. The van der Waals surface area contributed by atoms with Crippen LogP contribution in [0.1, 0.15) is 23.6 Å². The van der Waals surface area contributed by atoms with Gasteiger partial charge in [-0.2, -0.15) is 0 Å². The molecule has 0 amide bonds. The summed E-state index contributed by atoms with van der Waals surface area (Å²) in [5.41, 5.74) is 2.90. The molecule has 0 radical (unpaired) electrons. The lowest BCUT2D eigenvalue weighted by Gasteiger charge is -2.14. The van der Waals surface area contributed by atoms with Crippen molar-refractivity contribution in [3.63, 3.8) is 0 Å². The van der Waals surface area contributed by atoms with Gasteiger partial charge in [-0.05, 0) is 31.0 Å². The zero-order valence-corrected chi connectivity index (χ0v) is 13.0. The van der Waals surface area contributed by atoms with E-state index in [4.69, 9.17) is 21.1 Å². The first-order valence-corrected chi connectivity index (χ1v) is 7.26. The Labute approximate surface area is 130 Å². The van der Waals surface area contributed by atoms with E-state index in [0.717, 1.165) is 5.56 Å². The van der Waals surface area contributed by atoms with E-state index < -0.39 is 0 Å². The third-order valence-corrected chi connectivity index (χ3v) is 3.41. The van der Waals surface area contributed by atoms with Crippen molar-refractivity contribution in [3.8, 4) is 11.5 Å². The zero-order valence-electron chi connectivity index (χ0n) is 12.2. The lowest BCUT2D eigenvalue weighted by atomic mass is 10.1. The predicted molar refractivity (Wildman–Crippen MR) is 84.1 cm³/mol. The molecule has 2 rings (SSSR count). The maximum Gasteiger partial charge on any atom is 0.163 e. The summed E-state index contributed by atoms with van der Waals surface area (Å²) in [7, 11) is 0. The van der Waals surface area contributed by atoms with Gasteiger partial charge in [0.2, 0.25) is 0 Å². The first-order valence-electron chi connectivity index (χ1n) is 6.88. The second-order valence-corrected chi connectivity index (χ2v) is 5.17. The summed E-state index contributed by atoms with van der Waals surface area (Å²) in [6.07, 6.45) is 0. The highest BCUT2D eigenvalue weighted by Crippen LogP contribution is 2.34. The van der Waals surface area contributed by atoms with Crippen LogP contribution in [0, 0.1) is 6.92 Å². The summed E-state index contributed by atoms with van der Waals surface area (Å²) < 4.78 is 11.4. The van der Waals surface area contributed by atoms with Gasteiger partial charge in [-0.25, -0.2) is 0 Å². The van der Waals surface area contributed by atoms with Crippen molar-refractivity contribution in [2.75, 3.05) is 6.61 Å². The largest absolute Gasteiger partial charge is 0.490 e. The molecule has 0 aliphatic heterocycles. The minimum absolute atomic E-state index is 0.128. The number of aliphatic hydroxyl groups is 1. The van der Waals surface area contributed by atoms with Crippen molar-refractivity contribution in [2.45, 2.75) is 27.1 Å². The molecule has 0 atom stereocenters. The van der Waals surface area contributed by atoms with Crippen LogP contribution in [0.25, 0.3) is 0 Å². The molecule has 1 N–H and O–H groups in total. The molecule has 0 saturated heterocycles. The van der Waals surface area contributed by atoms with Gasteiger partial charge in [0.1, 0.15) is 6.61 Å². The van der Waals surface area contributed by atoms with Gasteiger partial charge in [-0.15, -0.1) is 0 Å². The monoisotopic (exact) mass is 306 g/mol. The van der Waals surface area contributed by atoms with Gasteiger partial charge in [0.05, 0.1) is 18.2 Å². The standard InChI is InChI=1S/C17H19ClO3/c1-3-20-16-8-14(10-19)15(18)9-17(16)21-11-13-6-4-5-12(2)7-13/h4-9,19H,3,10-11H2,1-2H3. The molecular formula is C17H19ClO3. The maximum atomic E-state index is 9.26. The number of hydrogen-bond donors (Lipinski definition) is 1. The number of ether oxygens (including phenoxy) is 2. The van der Waals surface area contributed by atoms with Gasteiger partial charge in [0.25, 0.3) is 0 Å². The Morgan fingerprint density at radius 3 is 2.52 bits per heavy atom. The molecule has 4 heteroatoms. The van der Waals surface area contributed by atoms with Gasteiger partial charge < -0.3 is 14.6 Å². The summed E-state index contributed by atoms with van der Waals surface area (Å²) in [5.74, 6) is 1.18. The Bertz CT molecular complexity index is 611. The van der Waals surface area contributed by atoms with Crippen LogP contribution in [0.3, 0.4) is 0 Å². The van der Waals surface area contributed by atoms with Crippen molar-refractivity contribution in [2.24, 2.45) is 0 Å². The zero-order chi connectivity index (χ0) is 15.2. The maximum absolute atomic E-state index is 9.26. The van der Waals surface area contributed by atoms with Crippen LogP contribution in [0.4, 0.5) is 0 Å². The Kier molecular flexibility index (Phi) is 5.48. The van der Waals surface area contributed by atoms with Crippen LogP contribution >= 0.6 is 11.6 Å². The second kappa shape index (κ2) is 7.34. The molecule has 112 valence electrons. The number of benzene rings is 2. The fourth-order valence-corrected chi connectivity index (χ4v) is 2.26. The van der Waals surface area contributed by atoms with Crippen molar-refractivity contribution in [3.05, 3.63) is 58.1 Å². The molecule has 0 bridgehead atoms. The van der Waals surface area contributed by atoms with Crippen LogP contribution < -0.4 is 9.47 Å². The van der Waals surface area contributed by atoms with E-state index in [9.17, 15) is 5.11 Å². The molecule has 2 aromatic carbocycles. The highest BCUT2D eigenvalue weighted by molar-refractivity contribution is 6.31. The van der Waals surface area contributed by atoms with Crippen molar-refractivity contribution in [1.29, 1.82) is 0 Å². The molecule has 0 aliphatic carbocycles. The average molecular weight is 307 g/mol. The predicted octanol–water partition coefficient (Wildman–Crippen LogP) is 4.12. The molecular weight excluding hydrogens is 288 g/mol. The van der Waals surface area contributed by atoms with Crippen molar-refractivity contribution < 1.29 is 14.6 Å². The number of hydrogen-bond acceptors (Lipinski definition) is 3. The lowest BCUT2D eigenvalue weighted by molar-refractivity contribution is 0.264. The number of rotatable bonds is 6. The van der Waals surface area contributed by atoms with Crippen LogP contribution in [-0.4, -0.2) is 11.7 Å². The third-order valence-electron chi connectivity index (χ3n) is 3.06. The van der Waals surface area contributed by atoms with Gasteiger partial charge in [-0.3, -0.25) is 0 Å². The molecule has 2 aromatic rings. The molecule has 0 saturated carbocycles. The molecule has 0 fully saturated rings. The van der Waals surface area contributed by atoms with Gasteiger partial charge in [0.15, 0.2) is 11.5 Å². The van der Waals surface area contributed by atoms with Crippen molar-refractivity contribution >= 4 is 11.6 Å². The van der Waals surface area contributed by atoms with E-state index in [0.29, 0.717) is 35.3 Å². The van der Waals surface area contributed by atoms with Gasteiger partial charge in [0, 0.05) is 6.07 Å². The molecule has 3 nitrogen and oxygen atoms in total. The van der Waals surface area contributed by atoms with E-state index in [1.165, 1.54) is 5.56 Å². The molecule has 21 heavy (non-hydrogen) atoms. The summed E-state index contributed by atoms with van der Waals surface area (Å²) >= 11 is 6.11. The average Bonchev–Trinajstić information content (AvgIpc) is 2.47. The highest BCUT2D eigenvalue weighted by atomic mass is 35.5. The molecule has 0 aromatic heterocycles. The molecule has 0 spiro atoms. The highest BCUT2D eigenvalue weighted by Gasteiger charge is 2.11. The summed E-state index contributed by atoms with van der Waals surface area (Å²) in [6, 6.07) is 11.5. The third kappa shape index (κ3) is 4.13. The number of aliphatic hydroxyl groups excluding tert-OH is 1. The minimum Gasteiger partial charge on any atom is -0.490 e. The van der Waals surface area contributed by atoms with E-state index in [2.05, 4.69) is 6.07 Å². The van der Waals surface area contributed by atoms with E-state index >= 15 is 0 Å². The molecule has 0 heterocycles. The fourth-order valence-electron chi connectivity index (χ4n) is 2.04. The SMILES string of the molecule is CCOc1cc(CO)c(Cl)cc1OCc1cccc(C)c1. The van der Waals surface area contributed by atoms with Gasteiger partial charge in [-0.1, -0.05) is 41.4 Å². The van der Waals surface area contributed by atoms with Crippen LogP contribution in [-0.2, 0) is 13.2 Å². The lowest BCUT2D eigenvalue weighted by Crippen LogP contribution is -2.01.